The second-order valence-corrected chi connectivity index (χ2v) is 6.69. The molecule has 0 saturated carbocycles. The molecule has 2 rings (SSSR count). The summed E-state index contributed by atoms with van der Waals surface area (Å²) in [6.07, 6.45) is 0. The van der Waals surface area contributed by atoms with E-state index >= 15 is 0 Å². The van der Waals surface area contributed by atoms with E-state index in [9.17, 15) is 0 Å². The average molecular weight is 315 g/mol. The summed E-state index contributed by atoms with van der Waals surface area (Å²) in [7, 11) is 0. The molecule has 1 aromatic carbocycles. The van der Waals surface area contributed by atoms with Gasteiger partial charge < -0.3 is 4.90 Å². The minimum atomic E-state index is 0.457. The molecule has 0 unspecified atom stereocenters. The number of nitrogens with zero attached hydrogens (tertiary/aromatic N) is 1. The van der Waals surface area contributed by atoms with Crippen molar-refractivity contribution in [2.75, 3.05) is 18.0 Å². The topological polar surface area (TPSA) is 3.24 Å². The Balaban J connectivity index is 2.00. The molecule has 0 N–H and O–H groups in total. The van der Waals surface area contributed by atoms with Gasteiger partial charge in [-0.25, -0.2) is 0 Å². The van der Waals surface area contributed by atoms with E-state index in [1.54, 1.807) is 0 Å². The van der Waals surface area contributed by atoms with Crippen molar-refractivity contribution in [3.8, 4) is 0 Å². The SMILES string of the molecule is CC(C)(C)C1CN(c2cccc(I)c2)C1. The van der Waals surface area contributed by atoms with Crippen molar-refractivity contribution in [1.82, 2.24) is 0 Å². The summed E-state index contributed by atoms with van der Waals surface area (Å²) in [6.45, 7) is 9.43. The Morgan fingerprint density at radius 1 is 1.27 bits per heavy atom. The minimum absolute atomic E-state index is 0.457. The lowest BCUT2D eigenvalue weighted by atomic mass is 9.76. The highest BCUT2D eigenvalue weighted by atomic mass is 127. The van der Waals surface area contributed by atoms with Crippen molar-refractivity contribution in [1.29, 1.82) is 0 Å². The second kappa shape index (κ2) is 3.96. The first-order valence-corrected chi connectivity index (χ1v) is 6.55. The third-order valence-corrected chi connectivity index (χ3v) is 3.95. The first kappa shape index (κ1) is 11.2. The number of anilines is 1. The van der Waals surface area contributed by atoms with E-state index < -0.39 is 0 Å². The van der Waals surface area contributed by atoms with E-state index in [4.69, 9.17) is 0 Å². The Kier molecular flexibility index (Phi) is 2.97. The highest BCUT2D eigenvalue weighted by Gasteiger charge is 2.35. The molecule has 82 valence electrons. The molecule has 1 nitrogen and oxygen atoms in total. The highest BCUT2D eigenvalue weighted by molar-refractivity contribution is 14.1. The standard InChI is InChI=1S/C13H18IN/c1-13(2,3)10-8-15(9-10)12-6-4-5-11(14)7-12/h4-7,10H,8-9H2,1-3H3. The van der Waals surface area contributed by atoms with Crippen molar-refractivity contribution in [2.24, 2.45) is 11.3 Å². The van der Waals surface area contributed by atoms with Crippen LogP contribution in [0.1, 0.15) is 20.8 Å². The summed E-state index contributed by atoms with van der Waals surface area (Å²) in [5.41, 5.74) is 1.83. The van der Waals surface area contributed by atoms with Gasteiger partial charge in [0.05, 0.1) is 0 Å². The van der Waals surface area contributed by atoms with Crippen LogP contribution in [-0.2, 0) is 0 Å². The number of benzene rings is 1. The van der Waals surface area contributed by atoms with E-state index in [1.807, 2.05) is 0 Å². The van der Waals surface area contributed by atoms with Gasteiger partial charge in [-0.05, 0) is 52.1 Å². The van der Waals surface area contributed by atoms with E-state index in [0.717, 1.165) is 5.92 Å². The molecule has 1 aliphatic heterocycles. The molecule has 15 heavy (non-hydrogen) atoms. The molecule has 2 heteroatoms. The van der Waals surface area contributed by atoms with Crippen molar-refractivity contribution in [3.05, 3.63) is 27.8 Å². The predicted octanol–water partition coefficient (Wildman–Crippen LogP) is 3.77. The fourth-order valence-electron chi connectivity index (χ4n) is 1.91. The first-order valence-electron chi connectivity index (χ1n) is 5.47. The van der Waals surface area contributed by atoms with Gasteiger partial charge in [0.1, 0.15) is 0 Å². The van der Waals surface area contributed by atoms with Crippen molar-refractivity contribution in [2.45, 2.75) is 20.8 Å². The van der Waals surface area contributed by atoms with Crippen LogP contribution in [0.5, 0.6) is 0 Å². The summed E-state index contributed by atoms with van der Waals surface area (Å²) in [5.74, 6) is 0.843. The third-order valence-electron chi connectivity index (χ3n) is 3.28. The summed E-state index contributed by atoms with van der Waals surface area (Å²) in [4.78, 5) is 2.47. The van der Waals surface area contributed by atoms with Crippen LogP contribution in [0.4, 0.5) is 5.69 Å². The highest BCUT2D eigenvalue weighted by Crippen LogP contribution is 2.36. The van der Waals surface area contributed by atoms with Crippen molar-refractivity contribution in [3.63, 3.8) is 0 Å². The molecular weight excluding hydrogens is 297 g/mol. The summed E-state index contributed by atoms with van der Waals surface area (Å²) >= 11 is 2.37. The smallest absolute Gasteiger partial charge is 0.0377 e. The lowest BCUT2D eigenvalue weighted by Crippen LogP contribution is -2.52. The minimum Gasteiger partial charge on any atom is -0.371 e. The molecule has 1 aliphatic rings. The Labute approximate surface area is 106 Å². The predicted molar refractivity (Wildman–Crippen MR) is 74.3 cm³/mol. The quantitative estimate of drug-likeness (QED) is 0.713. The van der Waals surface area contributed by atoms with E-state index in [2.05, 4.69) is 72.5 Å². The Morgan fingerprint density at radius 3 is 2.47 bits per heavy atom. The molecule has 0 aliphatic carbocycles. The fraction of sp³-hybridized carbons (Fsp3) is 0.538. The zero-order chi connectivity index (χ0) is 11.1. The van der Waals surface area contributed by atoms with E-state index in [-0.39, 0.29) is 0 Å². The van der Waals surface area contributed by atoms with Gasteiger partial charge in [0.2, 0.25) is 0 Å². The van der Waals surface area contributed by atoms with Crippen LogP contribution in [0.2, 0.25) is 0 Å². The molecule has 0 amide bonds. The first-order chi connectivity index (χ1) is 6.97. The molecule has 1 aromatic rings. The number of halogens is 1. The lowest BCUT2D eigenvalue weighted by Gasteiger charge is -2.47. The van der Waals surface area contributed by atoms with Gasteiger partial charge >= 0.3 is 0 Å². The van der Waals surface area contributed by atoms with Gasteiger partial charge in [-0.15, -0.1) is 0 Å². The molecule has 1 saturated heterocycles. The molecule has 0 spiro atoms. The zero-order valence-electron chi connectivity index (χ0n) is 9.63. The maximum Gasteiger partial charge on any atom is 0.0377 e. The Bertz CT molecular complexity index is 348. The largest absolute Gasteiger partial charge is 0.371 e. The summed E-state index contributed by atoms with van der Waals surface area (Å²) in [6, 6.07) is 8.76. The van der Waals surface area contributed by atoms with Gasteiger partial charge in [0, 0.05) is 22.3 Å². The van der Waals surface area contributed by atoms with Gasteiger partial charge in [-0.1, -0.05) is 26.8 Å². The second-order valence-electron chi connectivity index (χ2n) is 5.45. The van der Waals surface area contributed by atoms with Crippen molar-refractivity contribution >= 4 is 28.3 Å². The van der Waals surface area contributed by atoms with Crippen LogP contribution in [0.3, 0.4) is 0 Å². The average Bonchev–Trinajstić information content (AvgIpc) is 1.97. The van der Waals surface area contributed by atoms with Crippen LogP contribution in [0.25, 0.3) is 0 Å². The normalized spacial score (nSPS) is 17.7. The monoisotopic (exact) mass is 315 g/mol. The summed E-state index contributed by atoms with van der Waals surface area (Å²) in [5, 5.41) is 0. The van der Waals surface area contributed by atoms with E-state index in [1.165, 1.54) is 22.3 Å². The van der Waals surface area contributed by atoms with Crippen LogP contribution in [0, 0.1) is 14.9 Å². The third kappa shape index (κ3) is 2.47. The molecule has 1 fully saturated rings. The molecule has 0 radical (unpaired) electrons. The number of hydrogen-bond acceptors (Lipinski definition) is 1. The van der Waals surface area contributed by atoms with Gasteiger partial charge in [0.15, 0.2) is 0 Å². The number of rotatable bonds is 1. The lowest BCUT2D eigenvalue weighted by molar-refractivity contribution is 0.195. The van der Waals surface area contributed by atoms with Crippen LogP contribution >= 0.6 is 22.6 Å². The van der Waals surface area contributed by atoms with Gasteiger partial charge in [-0.2, -0.15) is 0 Å². The zero-order valence-corrected chi connectivity index (χ0v) is 11.8. The molecule has 0 bridgehead atoms. The van der Waals surface area contributed by atoms with Gasteiger partial charge in [0.25, 0.3) is 0 Å². The Hall–Kier alpha value is -0.250. The van der Waals surface area contributed by atoms with Crippen molar-refractivity contribution < 1.29 is 0 Å². The molecule has 1 heterocycles. The maximum atomic E-state index is 2.47. The van der Waals surface area contributed by atoms with Crippen LogP contribution in [0.15, 0.2) is 24.3 Å². The fourth-order valence-corrected chi connectivity index (χ4v) is 2.44. The molecule has 0 aromatic heterocycles. The Morgan fingerprint density at radius 2 is 1.93 bits per heavy atom. The maximum absolute atomic E-state index is 2.47. The molecular formula is C13H18IN. The van der Waals surface area contributed by atoms with E-state index in [0.29, 0.717) is 5.41 Å². The van der Waals surface area contributed by atoms with Crippen LogP contribution < -0.4 is 4.90 Å². The van der Waals surface area contributed by atoms with Gasteiger partial charge in [-0.3, -0.25) is 0 Å². The summed E-state index contributed by atoms with van der Waals surface area (Å²) < 4.78 is 1.32. The van der Waals surface area contributed by atoms with Crippen LogP contribution in [-0.4, -0.2) is 13.1 Å². The molecule has 0 atom stereocenters. The number of hydrogen-bond donors (Lipinski definition) is 0.